The Labute approximate surface area is 113 Å². The van der Waals surface area contributed by atoms with Gasteiger partial charge >= 0.3 is 0 Å². The van der Waals surface area contributed by atoms with Crippen LogP contribution in [0.5, 0.6) is 0 Å². The first kappa shape index (κ1) is 13.6. The molecule has 1 aromatic carbocycles. The van der Waals surface area contributed by atoms with Crippen LogP contribution in [0.25, 0.3) is 11.0 Å². The van der Waals surface area contributed by atoms with E-state index < -0.39 is 5.41 Å². The number of hydrogen-bond acceptors (Lipinski definition) is 2. The fourth-order valence-electron chi connectivity index (χ4n) is 1.83. The van der Waals surface area contributed by atoms with Crippen molar-refractivity contribution in [3.63, 3.8) is 0 Å². The molecule has 2 rings (SSSR count). The minimum Gasteiger partial charge on any atom is -0.346 e. The molecule has 0 aliphatic heterocycles. The van der Waals surface area contributed by atoms with Gasteiger partial charge in [0.2, 0.25) is 5.91 Å². The first-order valence-corrected chi connectivity index (χ1v) is 6.54. The molecular formula is C15H21N3O. The summed E-state index contributed by atoms with van der Waals surface area (Å²) in [7, 11) is 0. The molecule has 0 bridgehead atoms. The maximum Gasteiger partial charge on any atom is 0.225 e. The third-order valence-corrected chi connectivity index (χ3v) is 3.09. The molecule has 1 atom stereocenters. The third-order valence-electron chi connectivity index (χ3n) is 3.09. The highest BCUT2D eigenvalue weighted by Gasteiger charge is 2.24. The van der Waals surface area contributed by atoms with Gasteiger partial charge in [0.15, 0.2) is 0 Å². The zero-order chi connectivity index (χ0) is 14.2. The highest BCUT2D eigenvalue weighted by Crippen LogP contribution is 2.19. The average Bonchev–Trinajstić information content (AvgIpc) is 2.70. The van der Waals surface area contributed by atoms with Crippen molar-refractivity contribution in [3.8, 4) is 0 Å². The lowest BCUT2D eigenvalue weighted by atomic mass is 9.95. The van der Waals surface area contributed by atoms with Gasteiger partial charge in [0.05, 0.1) is 17.1 Å². The maximum atomic E-state index is 12.0. The Morgan fingerprint density at radius 2 is 2.05 bits per heavy atom. The summed E-state index contributed by atoms with van der Waals surface area (Å²) in [5.74, 6) is 0.815. The summed E-state index contributed by atoms with van der Waals surface area (Å²) in [4.78, 5) is 19.8. The lowest BCUT2D eigenvalue weighted by molar-refractivity contribution is -0.129. The van der Waals surface area contributed by atoms with Crippen LogP contribution >= 0.6 is 0 Å². The number of imidazole rings is 1. The zero-order valence-electron chi connectivity index (χ0n) is 12.2. The molecule has 0 aliphatic carbocycles. The number of fused-ring (bicyclic) bond motifs is 1. The summed E-state index contributed by atoms with van der Waals surface area (Å²) in [5.41, 5.74) is 2.73. The summed E-state index contributed by atoms with van der Waals surface area (Å²) in [6.07, 6.45) is 0. The zero-order valence-corrected chi connectivity index (χ0v) is 12.2. The van der Waals surface area contributed by atoms with Crippen LogP contribution in [-0.4, -0.2) is 15.9 Å². The van der Waals surface area contributed by atoms with Crippen LogP contribution in [0.4, 0.5) is 0 Å². The second-order valence-corrected chi connectivity index (χ2v) is 6.09. The van der Waals surface area contributed by atoms with Crippen molar-refractivity contribution < 1.29 is 4.79 Å². The van der Waals surface area contributed by atoms with Crippen LogP contribution in [-0.2, 0) is 4.79 Å². The summed E-state index contributed by atoms with van der Waals surface area (Å²) in [6, 6.07) is 5.96. The van der Waals surface area contributed by atoms with E-state index in [9.17, 15) is 4.79 Å². The second kappa shape index (κ2) is 4.68. The number of H-pyrrole nitrogens is 1. The van der Waals surface area contributed by atoms with Gasteiger partial charge in [0.1, 0.15) is 5.82 Å². The first-order chi connectivity index (χ1) is 8.77. The van der Waals surface area contributed by atoms with Gasteiger partial charge in [-0.25, -0.2) is 4.98 Å². The van der Waals surface area contributed by atoms with Crippen LogP contribution in [0.15, 0.2) is 18.2 Å². The molecule has 1 amide bonds. The van der Waals surface area contributed by atoms with E-state index in [1.165, 1.54) is 5.56 Å². The van der Waals surface area contributed by atoms with Gasteiger partial charge in [-0.1, -0.05) is 26.8 Å². The number of nitrogens with zero attached hydrogens (tertiary/aromatic N) is 1. The second-order valence-electron chi connectivity index (χ2n) is 6.09. The van der Waals surface area contributed by atoms with Crippen LogP contribution in [0.2, 0.25) is 0 Å². The van der Waals surface area contributed by atoms with E-state index in [1.807, 2.05) is 46.8 Å². The molecule has 4 heteroatoms. The molecule has 0 saturated carbocycles. The number of carbonyl (C=O) groups excluding carboxylic acids is 1. The number of carbonyl (C=O) groups is 1. The fraction of sp³-hybridized carbons (Fsp3) is 0.467. The van der Waals surface area contributed by atoms with Crippen LogP contribution in [0, 0.1) is 12.3 Å². The summed E-state index contributed by atoms with van der Waals surface area (Å²) < 4.78 is 0. The van der Waals surface area contributed by atoms with Gasteiger partial charge in [0.25, 0.3) is 0 Å². The molecule has 0 spiro atoms. The van der Waals surface area contributed by atoms with Crippen LogP contribution in [0.3, 0.4) is 0 Å². The van der Waals surface area contributed by atoms with Crippen molar-refractivity contribution in [2.45, 2.75) is 40.7 Å². The summed E-state index contributed by atoms with van der Waals surface area (Å²) in [6.45, 7) is 9.68. The minimum atomic E-state index is -0.392. The van der Waals surface area contributed by atoms with Gasteiger partial charge < -0.3 is 10.3 Å². The highest BCUT2D eigenvalue weighted by molar-refractivity contribution is 5.82. The monoisotopic (exact) mass is 259 g/mol. The predicted octanol–water partition coefficient (Wildman–Crippen LogP) is 3.09. The van der Waals surface area contributed by atoms with Crippen LogP contribution < -0.4 is 5.32 Å². The Hall–Kier alpha value is -1.84. The fourth-order valence-corrected chi connectivity index (χ4v) is 1.83. The summed E-state index contributed by atoms with van der Waals surface area (Å²) in [5, 5.41) is 2.98. The first-order valence-electron chi connectivity index (χ1n) is 6.54. The van der Waals surface area contributed by atoms with E-state index in [2.05, 4.69) is 21.4 Å². The maximum absolute atomic E-state index is 12.0. The predicted molar refractivity (Wildman–Crippen MR) is 76.8 cm³/mol. The molecular weight excluding hydrogens is 238 g/mol. The molecule has 0 aliphatic rings. The Morgan fingerprint density at radius 3 is 2.68 bits per heavy atom. The third kappa shape index (κ3) is 2.95. The van der Waals surface area contributed by atoms with Crippen molar-refractivity contribution >= 4 is 16.9 Å². The van der Waals surface area contributed by atoms with Gasteiger partial charge in [-0.2, -0.15) is 0 Å². The van der Waals surface area contributed by atoms with Gasteiger partial charge in [-0.15, -0.1) is 0 Å². The van der Waals surface area contributed by atoms with Gasteiger partial charge in [-0.3, -0.25) is 4.79 Å². The molecule has 0 fully saturated rings. The number of aromatic nitrogens is 2. The average molecular weight is 259 g/mol. The lowest BCUT2D eigenvalue weighted by Crippen LogP contribution is -2.36. The van der Waals surface area contributed by atoms with Gasteiger partial charge in [-0.05, 0) is 31.5 Å². The van der Waals surface area contributed by atoms with Crippen molar-refractivity contribution in [1.82, 2.24) is 15.3 Å². The number of hydrogen-bond donors (Lipinski definition) is 2. The van der Waals surface area contributed by atoms with E-state index in [0.717, 1.165) is 16.9 Å². The van der Waals surface area contributed by atoms with Crippen molar-refractivity contribution in [2.75, 3.05) is 0 Å². The van der Waals surface area contributed by atoms with Crippen molar-refractivity contribution in [3.05, 3.63) is 29.6 Å². The summed E-state index contributed by atoms with van der Waals surface area (Å²) >= 11 is 0. The molecule has 4 nitrogen and oxygen atoms in total. The standard InChI is InChI=1S/C15H21N3O/c1-9-6-7-11-12(8-9)18-13(17-11)10(2)16-14(19)15(3,4)5/h6-8,10H,1-5H3,(H,16,19)(H,17,18). The molecule has 19 heavy (non-hydrogen) atoms. The van der Waals surface area contributed by atoms with Crippen molar-refractivity contribution in [2.24, 2.45) is 5.41 Å². The number of aromatic amines is 1. The SMILES string of the molecule is Cc1ccc2nc(C(C)NC(=O)C(C)(C)C)[nH]c2c1. The van der Waals surface area contributed by atoms with Crippen molar-refractivity contribution in [1.29, 1.82) is 0 Å². The Bertz CT molecular complexity index is 607. The van der Waals surface area contributed by atoms with E-state index in [4.69, 9.17) is 0 Å². The topological polar surface area (TPSA) is 57.8 Å². The quantitative estimate of drug-likeness (QED) is 0.870. The number of aryl methyl sites for hydroxylation is 1. The molecule has 0 radical (unpaired) electrons. The number of rotatable bonds is 2. The van der Waals surface area contributed by atoms with E-state index in [-0.39, 0.29) is 11.9 Å². The molecule has 102 valence electrons. The number of nitrogens with one attached hydrogen (secondary N) is 2. The Kier molecular flexibility index (Phi) is 3.35. The number of amides is 1. The van der Waals surface area contributed by atoms with E-state index in [1.54, 1.807) is 0 Å². The molecule has 2 aromatic rings. The Balaban J connectivity index is 2.22. The molecule has 1 aromatic heterocycles. The largest absolute Gasteiger partial charge is 0.346 e. The lowest BCUT2D eigenvalue weighted by Gasteiger charge is -2.20. The molecule has 2 N–H and O–H groups in total. The molecule has 1 heterocycles. The normalized spacial score (nSPS) is 13.5. The smallest absolute Gasteiger partial charge is 0.225 e. The number of benzene rings is 1. The van der Waals surface area contributed by atoms with Crippen LogP contribution in [0.1, 0.15) is 45.1 Å². The molecule has 0 saturated heterocycles. The molecule has 1 unspecified atom stereocenters. The van der Waals surface area contributed by atoms with E-state index in [0.29, 0.717) is 0 Å². The van der Waals surface area contributed by atoms with Gasteiger partial charge in [0, 0.05) is 5.41 Å². The van der Waals surface area contributed by atoms with E-state index >= 15 is 0 Å². The Morgan fingerprint density at radius 1 is 1.37 bits per heavy atom. The highest BCUT2D eigenvalue weighted by atomic mass is 16.2. The minimum absolute atomic E-state index is 0.0247.